The van der Waals surface area contributed by atoms with Gasteiger partial charge in [-0.2, -0.15) is 0 Å². The number of ether oxygens (including phenoxy) is 1. The van der Waals surface area contributed by atoms with Crippen molar-refractivity contribution in [3.63, 3.8) is 0 Å². The Labute approximate surface area is 161 Å². The first-order valence-electron chi connectivity index (χ1n) is 8.62. The molecule has 1 aliphatic heterocycles. The van der Waals surface area contributed by atoms with Gasteiger partial charge in [0, 0.05) is 12.3 Å². The molecule has 142 valence electrons. The van der Waals surface area contributed by atoms with Gasteiger partial charge in [-0.25, -0.2) is 4.39 Å². The van der Waals surface area contributed by atoms with Gasteiger partial charge in [-0.3, -0.25) is 9.59 Å². The topological polar surface area (TPSA) is 67.4 Å². The zero-order valence-corrected chi connectivity index (χ0v) is 15.7. The molecule has 7 heteroatoms. The van der Waals surface area contributed by atoms with Crippen LogP contribution in [0.1, 0.15) is 11.1 Å². The van der Waals surface area contributed by atoms with Crippen LogP contribution in [0.3, 0.4) is 0 Å². The highest BCUT2D eigenvalue weighted by Gasteiger charge is 2.32. The second kappa shape index (κ2) is 8.90. The predicted molar refractivity (Wildman–Crippen MR) is 103 cm³/mol. The van der Waals surface area contributed by atoms with Crippen LogP contribution in [-0.4, -0.2) is 36.0 Å². The van der Waals surface area contributed by atoms with E-state index >= 15 is 0 Å². The molecule has 2 N–H and O–H groups in total. The third-order valence-corrected chi connectivity index (χ3v) is 5.66. The molecule has 1 saturated heterocycles. The fourth-order valence-electron chi connectivity index (χ4n) is 2.78. The number of carbonyl (C=O) groups is 2. The number of methoxy groups -OCH3 is 1. The molecule has 1 heterocycles. The molecule has 2 aromatic carbocycles. The number of thioether (sulfide) groups is 1. The van der Waals surface area contributed by atoms with Gasteiger partial charge in [0.05, 0.1) is 12.4 Å². The number of carbonyl (C=O) groups excluding carboxylic acids is 2. The number of amides is 2. The summed E-state index contributed by atoms with van der Waals surface area (Å²) < 4.78 is 18.1. The summed E-state index contributed by atoms with van der Waals surface area (Å²) in [5, 5.41) is 5.36. The summed E-state index contributed by atoms with van der Waals surface area (Å²) in [6.45, 7) is 0.388. The van der Waals surface area contributed by atoms with Crippen molar-refractivity contribution in [1.29, 1.82) is 0 Å². The number of hydrogen-bond acceptors (Lipinski definition) is 4. The van der Waals surface area contributed by atoms with Crippen molar-refractivity contribution in [2.75, 3.05) is 12.9 Å². The van der Waals surface area contributed by atoms with Gasteiger partial charge >= 0.3 is 0 Å². The summed E-state index contributed by atoms with van der Waals surface area (Å²) in [5.74, 6) is 0.597. The molecule has 1 aliphatic rings. The van der Waals surface area contributed by atoms with Gasteiger partial charge in [0.2, 0.25) is 11.8 Å². The number of hydrogen-bond donors (Lipinski definition) is 2. The van der Waals surface area contributed by atoms with E-state index < -0.39 is 6.04 Å². The lowest BCUT2D eigenvalue weighted by molar-refractivity contribution is -0.128. The van der Waals surface area contributed by atoms with Crippen molar-refractivity contribution in [2.24, 2.45) is 0 Å². The van der Waals surface area contributed by atoms with E-state index in [4.69, 9.17) is 4.74 Å². The minimum Gasteiger partial charge on any atom is -0.497 e. The SMILES string of the molecule is COc1ccc(CNC(=O)[C@H]2CS[C@@H](Cc3ccc(F)cc3)C(=O)N2)cc1. The maximum atomic E-state index is 13.0. The molecule has 0 unspecified atom stereocenters. The molecular weight excluding hydrogens is 367 g/mol. The normalized spacial score (nSPS) is 19.3. The molecule has 5 nitrogen and oxygen atoms in total. The van der Waals surface area contributed by atoms with Gasteiger partial charge < -0.3 is 15.4 Å². The molecule has 2 aromatic rings. The number of rotatable bonds is 6. The smallest absolute Gasteiger partial charge is 0.243 e. The minimum absolute atomic E-state index is 0.167. The van der Waals surface area contributed by atoms with Crippen LogP contribution < -0.4 is 15.4 Å². The van der Waals surface area contributed by atoms with Gasteiger partial charge in [-0.05, 0) is 41.8 Å². The summed E-state index contributed by atoms with van der Waals surface area (Å²) >= 11 is 1.45. The van der Waals surface area contributed by atoms with E-state index in [0.29, 0.717) is 18.7 Å². The third-order valence-electron chi connectivity index (χ3n) is 4.35. The summed E-state index contributed by atoms with van der Waals surface area (Å²) in [6.07, 6.45) is 0.511. The zero-order valence-electron chi connectivity index (χ0n) is 14.9. The summed E-state index contributed by atoms with van der Waals surface area (Å²) in [6, 6.07) is 13.0. The molecule has 0 saturated carbocycles. The molecule has 1 fully saturated rings. The quantitative estimate of drug-likeness (QED) is 0.797. The highest BCUT2D eigenvalue weighted by molar-refractivity contribution is 8.00. The maximum absolute atomic E-state index is 13.0. The van der Waals surface area contributed by atoms with Crippen molar-refractivity contribution >= 4 is 23.6 Å². The lowest BCUT2D eigenvalue weighted by Crippen LogP contribution is -2.54. The largest absolute Gasteiger partial charge is 0.497 e. The lowest BCUT2D eigenvalue weighted by Gasteiger charge is -2.28. The van der Waals surface area contributed by atoms with Gasteiger partial charge in [-0.1, -0.05) is 24.3 Å². The van der Waals surface area contributed by atoms with Gasteiger partial charge in [0.25, 0.3) is 0 Å². The van der Waals surface area contributed by atoms with Crippen molar-refractivity contribution in [3.05, 3.63) is 65.5 Å². The fourth-order valence-corrected chi connectivity index (χ4v) is 3.97. The van der Waals surface area contributed by atoms with Crippen LogP contribution in [0, 0.1) is 5.82 Å². The van der Waals surface area contributed by atoms with E-state index in [9.17, 15) is 14.0 Å². The average molecular weight is 388 g/mol. The number of nitrogens with one attached hydrogen (secondary N) is 2. The van der Waals surface area contributed by atoms with Gasteiger partial charge in [0.15, 0.2) is 0 Å². The highest BCUT2D eigenvalue weighted by Crippen LogP contribution is 2.22. The molecule has 0 aromatic heterocycles. The minimum atomic E-state index is -0.551. The number of halogens is 1. The molecule has 3 rings (SSSR count). The van der Waals surface area contributed by atoms with Crippen molar-refractivity contribution in [2.45, 2.75) is 24.3 Å². The Hall–Kier alpha value is -2.54. The Morgan fingerprint density at radius 2 is 1.85 bits per heavy atom. The molecule has 0 spiro atoms. The Kier molecular flexibility index (Phi) is 6.34. The van der Waals surface area contributed by atoms with E-state index in [1.165, 1.54) is 23.9 Å². The molecule has 27 heavy (non-hydrogen) atoms. The molecule has 0 bridgehead atoms. The van der Waals surface area contributed by atoms with Crippen LogP contribution in [-0.2, 0) is 22.6 Å². The molecular formula is C20H21FN2O3S. The molecule has 2 atom stereocenters. The van der Waals surface area contributed by atoms with Crippen LogP contribution in [0.4, 0.5) is 4.39 Å². The van der Waals surface area contributed by atoms with E-state index in [0.717, 1.165) is 16.9 Å². The highest BCUT2D eigenvalue weighted by atomic mass is 32.2. The Balaban J connectivity index is 1.48. The van der Waals surface area contributed by atoms with Crippen LogP contribution in [0.25, 0.3) is 0 Å². The molecule has 2 amide bonds. The van der Waals surface area contributed by atoms with Crippen molar-refractivity contribution in [1.82, 2.24) is 10.6 Å². The lowest BCUT2D eigenvalue weighted by atomic mass is 10.1. The van der Waals surface area contributed by atoms with Crippen LogP contribution in [0.15, 0.2) is 48.5 Å². The predicted octanol–water partition coefficient (Wildman–Crippen LogP) is 2.29. The van der Waals surface area contributed by atoms with Crippen LogP contribution in [0.2, 0.25) is 0 Å². The second-order valence-electron chi connectivity index (χ2n) is 6.28. The van der Waals surface area contributed by atoms with E-state index in [1.807, 2.05) is 24.3 Å². The van der Waals surface area contributed by atoms with E-state index in [1.54, 1.807) is 19.2 Å². The van der Waals surface area contributed by atoms with Gasteiger partial charge in [0.1, 0.15) is 17.6 Å². The second-order valence-corrected chi connectivity index (χ2v) is 7.52. The van der Waals surface area contributed by atoms with Crippen LogP contribution >= 0.6 is 11.8 Å². The van der Waals surface area contributed by atoms with Crippen LogP contribution in [0.5, 0.6) is 5.75 Å². The third kappa shape index (κ3) is 5.23. The maximum Gasteiger partial charge on any atom is 0.243 e. The molecule has 0 radical (unpaired) electrons. The monoisotopic (exact) mass is 388 g/mol. The van der Waals surface area contributed by atoms with Crippen molar-refractivity contribution in [3.8, 4) is 5.75 Å². The Morgan fingerprint density at radius 3 is 2.48 bits per heavy atom. The summed E-state index contributed by atoms with van der Waals surface area (Å²) in [4.78, 5) is 24.7. The summed E-state index contributed by atoms with van der Waals surface area (Å²) in [5.41, 5.74) is 1.85. The zero-order chi connectivity index (χ0) is 19.2. The van der Waals surface area contributed by atoms with E-state index in [2.05, 4.69) is 10.6 Å². The summed E-state index contributed by atoms with van der Waals surface area (Å²) in [7, 11) is 1.60. The first-order chi connectivity index (χ1) is 13.0. The van der Waals surface area contributed by atoms with E-state index in [-0.39, 0.29) is 22.9 Å². The number of benzene rings is 2. The first kappa shape index (κ1) is 19.2. The average Bonchev–Trinajstić information content (AvgIpc) is 2.69. The van der Waals surface area contributed by atoms with Crippen molar-refractivity contribution < 1.29 is 18.7 Å². The fraction of sp³-hybridized carbons (Fsp3) is 0.300. The first-order valence-corrected chi connectivity index (χ1v) is 9.67. The van der Waals surface area contributed by atoms with Gasteiger partial charge in [-0.15, -0.1) is 11.8 Å². The standard InChI is InChI=1S/C20H21FN2O3S/c1-26-16-8-4-14(5-9-16)11-22-19(24)17-12-27-18(20(25)23-17)10-13-2-6-15(21)7-3-13/h2-9,17-18H,10-12H2,1H3,(H,22,24)(H,23,25)/t17-,18+/m1/s1. The Morgan fingerprint density at radius 1 is 1.19 bits per heavy atom. The Bertz CT molecular complexity index is 796. The molecule has 0 aliphatic carbocycles.